The van der Waals surface area contributed by atoms with Crippen LogP contribution in [0.3, 0.4) is 0 Å². The van der Waals surface area contributed by atoms with Crippen LogP contribution in [0.4, 0.5) is 17.6 Å². The van der Waals surface area contributed by atoms with Crippen LogP contribution < -0.4 is 4.74 Å². The summed E-state index contributed by atoms with van der Waals surface area (Å²) in [7, 11) is 1.25. The number of hydrogen-bond donors (Lipinski definition) is 1. The first-order valence-corrected chi connectivity index (χ1v) is 7.22. The lowest BCUT2D eigenvalue weighted by Crippen LogP contribution is -2.48. The van der Waals surface area contributed by atoms with E-state index in [4.69, 9.17) is 4.74 Å². The molecule has 1 unspecified atom stereocenters. The number of hydrogen-bond acceptors (Lipinski definition) is 5. The van der Waals surface area contributed by atoms with Crippen molar-refractivity contribution in [1.82, 2.24) is 4.98 Å². The van der Waals surface area contributed by atoms with Crippen LogP contribution in [0.1, 0.15) is 11.3 Å². The lowest BCUT2D eigenvalue weighted by Gasteiger charge is -2.26. The van der Waals surface area contributed by atoms with Gasteiger partial charge in [-0.2, -0.15) is 13.2 Å². The Balaban J connectivity index is 2.68. The lowest BCUT2D eigenvalue weighted by atomic mass is 9.97. The second-order valence-electron chi connectivity index (χ2n) is 5.56. The zero-order valence-corrected chi connectivity index (χ0v) is 13.7. The van der Waals surface area contributed by atoms with Crippen molar-refractivity contribution in [2.45, 2.75) is 18.7 Å². The van der Waals surface area contributed by atoms with Crippen molar-refractivity contribution in [3.05, 3.63) is 57.5 Å². The smallest absolute Gasteiger partial charge is 0.429 e. The number of aromatic nitrogens is 1. The number of aryl methyl sites for hydroxylation is 1. The lowest BCUT2D eigenvalue weighted by molar-refractivity contribution is -0.519. The molecule has 10 heteroatoms. The molecule has 0 saturated carbocycles. The van der Waals surface area contributed by atoms with E-state index in [0.717, 1.165) is 18.2 Å². The van der Waals surface area contributed by atoms with E-state index < -0.39 is 34.8 Å². The maximum absolute atomic E-state index is 13.4. The van der Waals surface area contributed by atoms with Crippen LogP contribution in [0, 0.1) is 22.9 Å². The summed E-state index contributed by atoms with van der Waals surface area (Å²) in [4.78, 5) is 13.1. The minimum atomic E-state index is -5.34. The molecule has 0 aliphatic heterocycles. The summed E-state index contributed by atoms with van der Waals surface area (Å²) in [6.45, 7) is -0.355. The highest BCUT2D eigenvalue weighted by atomic mass is 19.4. The first kappa shape index (κ1) is 19.6. The van der Waals surface area contributed by atoms with Crippen LogP contribution >= 0.6 is 0 Å². The third-order valence-corrected chi connectivity index (χ3v) is 3.76. The van der Waals surface area contributed by atoms with Crippen LogP contribution in [0.15, 0.2) is 30.3 Å². The highest BCUT2D eigenvalue weighted by Crippen LogP contribution is 2.40. The third kappa shape index (κ3) is 3.59. The van der Waals surface area contributed by atoms with Gasteiger partial charge in [0.1, 0.15) is 17.3 Å². The van der Waals surface area contributed by atoms with E-state index in [1.807, 2.05) is 0 Å². The van der Waals surface area contributed by atoms with Crippen molar-refractivity contribution in [2.75, 3.05) is 13.7 Å². The molecule has 0 bridgehead atoms. The standard InChI is InChI=1S/C16H14F4N2O4/c1-9-7-10(3-4-11(9)17)14-12(26-2)5-6-13(21-14)15(23,8-22(24)25)16(18,19)20/h3-7,23H,8H2,1-2H3. The van der Waals surface area contributed by atoms with Crippen LogP contribution in [0.25, 0.3) is 11.3 Å². The average Bonchev–Trinajstić information content (AvgIpc) is 2.55. The van der Waals surface area contributed by atoms with Crippen molar-refractivity contribution in [3.63, 3.8) is 0 Å². The molecule has 1 aromatic heterocycles. The van der Waals surface area contributed by atoms with Crippen molar-refractivity contribution in [1.29, 1.82) is 0 Å². The zero-order valence-electron chi connectivity index (χ0n) is 13.7. The molecule has 0 amide bonds. The predicted molar refractivity (Wildman–Crippen MR) is 82.7 cm³/mol. The summed E-state index contributed by atoms with van der Waals surface area (Å²) in [5.74, 6) is -0.464. The number of methoxy groups -OCH3 is 1. The van der Waals surface area contributed by atoms with Gasteiger partial charge in [-0.15, -0.1) is 0 Å². The molecule has 1 heterocycles. The van der Waals surface area contributed by atoms with Crippen LogP contribution in [0.5, 0.6) is 5.75 Å². The molecule has 0 saturated heterocycles. The van der Waals surface area contributed by atoms with E-state index in [0.29, 0.717) is 0 Å². The molecule has 2 rings (SSSR count). The topological polar surface area (TPSA) is 85.5 Å². The second kappa shape index (κ2) is 6.87. The molecule has 0 spiro atoms. The van der Waals surface area contributed by atoms with E-state index in [-0.39, 0.29) is 22.6 Å². The van der Waals surface area contributed by atoms with Crippen molar-refractivity contribution in [2.24, 2.45) is 0 Å². The highest BCUT2D eigenvalue weighted by Gasteiger charge is 2.60. The van der Waals surface area contributed by atoms with Gasteiger partial charge in [-0.1, -0.05) is 0 Å². The van der Waals surface area contributed by atoms with Gasteiger partial charge in [0, 0.05) is 10.5 Å². The molecule has 26 heavy (non-hydrogen) atoms. The van der Waals surface area contributed by atoms with Crippen molar-refractivity contribution < 1.29 is 32.3 Å². The Labute approximate surface area is 145 Å². The maximum atomic E-state index is 13.4. The van der Waals surface area contributed by atoms with Crippen LogP contribution in [-0.4, -0.2) is 34.8 Å². The summed E-state index contributed by atoms with van der Waals surface area (Å²) >= 11 is 0. The molecule has 140 valence electrons. The average molecular weight is 374 g/mol. The molecule has 1 aromatic carbocycles. The Morgan fingerprint density at radius 2 is 1.92 bits per heavy atom. The van der Waals surface area contributed by atoms with E-state index in [9.17, 15) is 32.8 Å². The Hall–Kier alpha value is -2.75. The minimum absolute atomic E-state index is 0.0605. The number of pyridine rings is 1. The molecule has 0 fully saturated rings. The number of rotatable bonds is 5. The zero-order chi connectivity index (χ0) is 19.7. The largest absolute Gasteiger partial charge is 0.494 e. The Bertz CT molecular complexity index is 841. The molecule has 1 N–H and O–H groups in total. The van der Waals surface area contributed by atoms with Gasteiger partial charge in [-0.25, -0.2) is 9.37 Å². The molecular weight excluding hydrogens is 360 g/mol. The fourth-order valence-corrected chi connectivity index (χ4v) is 2.34. The van der Waals surface area contributed by atoms with Crippen LogP contribution in [-0.2, 0) is 5.60 Å². The Morgan fingerprint density at radius 1 is 1.27 bits per heavy atom. The molecule has 2 aromatic rings. The summed E-state index contributed by atoms with van der Waals surface area (Å²) in [5.41, 5.74) is -4.41. The third-order valence-electron chi connectivity index (χ3n) is 3.76. The highest BCUT2D eigenvalue weighted by molar-refractivity contribution is 5.67. The quantitative estimate of drug-likeness (QED) is 0.493. The molecule has 0 aliphatic carbocycles. The molecule has 0 radical (unpaired) electrons. The number of halogens is 4. The van der Waals surface area contributed by atoms with Gasteiger partial charge in [-0.05, 0) is 42.8 Å². The Kier molecular flexibility index (Phi) is 5.17. The number of nitro groups is 1. The monoisotopic (exact) mass is 374 g/mol. The first-order valence-electron chi connectivity index (χ1n) is 7.22. The first-order chi connectivity index (χ1) is 12.0. The predicted octanol–water partition coefficient (Wildman–Crippen LogP) is 3.23. The number of ether oxygens (including phenoxy) is 1. The summed E-state index contributed by atoms with van der Waals surface area (Å²) in [5, 5.41) is 20.6. The molecule has 6 nitrogen and oxygen atoms in total. The number of alkyl halides is 3. The number of benzene rings is 1. The molecule has 0 aliphatic rings. The second-order valence-corrected chi connectivity index (χ2v) is 5.56. The fourth-order valence-electron chi connectivity index (χ4n) is 2.34. The van der Waals surface area contributed by atoms with Gasteiger partial charge in [-0.3, -0.25) is 10.1 Å². The van der Waals surface area contributed by atoms with E-state index >= 15 is 0 Å². The van der Waals surface area contributed by atoms with E-state index in [2.05, 4.69) is 4.98 Å². The number of nitrogens with zero attached hydrogens (tertiary/aromatic N) is 2. The van der Waals surface area contributed by atoms with E-state index in [1.54, 1.807) is 0 Å². The summed E-state index contributed by atoms with van der Waals surface area (Å²) in [6, 6.07) is 5.62. The summed E-state index contributed by atoms with van der Waals surface area (Å²) in [6.07, 6.45) is -5.34. The summed E-state index contributed by atoms with van der Waals surface area (Å²) < 4.78 is 58.4. The fraction of sp³-hybridized carbons (Fsp3) is 0.312. The number of aliphatic hydroxyl groups is 1. The van der Waals surface area contributed by atoms with Gasteiger partial charge in [0.05, 0.1) is 12.8 Å². The van der Waals surface area contributed by atoms with Crippen molar-refractivity contribution in [3.8, 4) is 17.0 Å². The van der Waals surface area contributed by atoms with Gasteiger partial charge in [0.25, 0.3) is 5.60 Å². The normalized spacial score (nSPS) is 14.0. The van der Waals surface area contributed by atoms with Gasteiger partial charge in [0.15, 0.2) is 0 Å². The SMILES string of the molecule is COc1ccc(C(O)(C[N+](=O)[O-])C(F)(F)F)nc1-c1ccc(F)c(C)c1. The molecular formula is C16H14F4N2O4. The Morgan fingerprint density at radius 3 is 2.42 bits per heavy atom. The maximum Gasteiger partial charge on any atom is 0.429 e. The molecule has 1 atom stereocenters. The van der Waals surface area contributed by atoms with E-state index in [1.165, 1.54) is 26.2 Å². The van der Waals surface area contributed by atoms with Gasteiger partial charge in [0.2, 0.25) is 6.54 Å². The van der Waals surface area contributed by atoms with Gasteiger partial charge >= 0.3 is 6.18 Å². The van der Waals surface area contributed by atoms with Crippen LogP contribution in [0.2, 0.25) is 0 Å². The van der Waals surface area contributed by atoms with Crippen molar-refractivity contribution >= 4 is 0 Å². The minimum Gasteiger partial charge on any atom is -0.494 e. The van der Waals surface area contributed by atoms with Gasteiger partial charge < -0.3 is 9.84 Å².